The number of hydrogen-bond acceptors (Lipinski definition) is 4. The minimum absolute atomic E-state index is 0.160. The standard InChI is InChI=1S/C13H12F2N4O3/c1-7-13(19(21)22)8(2)18(17-7)6-11(20)16-12-9(14)4-3-5-10(12)15/h3-5H,6H2,1-2H3,(H,16,20). The molecule has 9 heteroatoms. The SMILES string of the molecule is Cc1nn(CC(=O)Nc2c(F)cccc2F)c(C)c1[N+](=O)[O-]. The molecule has 1 aromatic carbocycles. The number of para-hydroxylation sites is 1. The van der Waals surface area contributed by atoms with Gasteiger partial charge in [-0.05, 0) is 26.0 Å². The number of amides is 1. The first-order chi connectivity index (χ1) is 10.3. The average Bonchev–Trinajstić information content (AvgIpc) is 2.69. The van der Waals surface area contributed by atoms with Gasteiger partial charge in [0.15, 0.2) is 0 Å². The van der Waals surface area contributed by atoms with Crippen LogP contribution in [0.1, 0.15) is 11.4 Å². The van der Waals surface area contributed by atoms with E-state index in [0.29, 0.717) is 0 Å². The van der Waals surface area contributed by atoms with Crippen molar-refractivity contribution in [3.05, 3.63) is 51.3 Å². The van der Waals surface area contributed by atoms with Crippen LogP contribution >= 0.6 is 0 Å². The summed E-state index contributed by atoms with van der Waals surface area (Å²) in [6.07, 6.45) is 0. The van der Waals surface area contributed by atoms with Gasteiger partial charge in [-0.2, -0.15) is 5.10 Å². The Morgan fingerprint density at radius 1 is 1.36 bits per heavy atom. The van der Waals surface area contributed by atoms with Crippen LogP contribution in [0.15, 0.2) is 18.2 Å². The minimum Gasteiger partial charge on any atom is -0.320 e. The van der Waals surface area contributed by atoms with Crippen molar-refractivity contribution in [2.45, 2.75) is 20.4 Å². The van der Waals surface area contributed by atoms with Gasteiger partial charge in [-0.25, -0.2) is 8.78 Å². The fourth-order valence-corrected chi connectivity index (χ4v) is 2.04. The highest BCUT2D eigenvalue weighted by Gasteiger charge is 2.23. The van der Waals surface area contributed by atoms with Crippen LogP contribution in [0.5, 0.6) is 0 Å². The van der Waals surface area contributed by atoms with Crippen LogP contribution in [0.4, 0.5) is 20.2 Å². The molecule has 0 spiro atoms. The van der Waals surface area contributed by atoms with Gasteiger partial charge in [0.2, 0.25) is 5.91 Å². The third-order valence-corrected chi connectivity index (χ3v) is 3.05. The molecular weight excluding hydrogens is 298 g/mol. The summed E-state index contributed by atoms with van der Waals surface area (Å²) in [7, 11) is 0. The first kappa shape index (κ1) is 15.5. The number of anilines is 1. The predicted octanol–water partition coefficient (Wildman–Crippen LogP) is 2.33. The molecule has 1 heterocycles. The maximum atomic E-state index is 13.4. The molecule has 1 aromatic heterocycles. The quantitative estimate of drug-likeness (QED) is 0.693. The van der Waals surface area contributed by atoms with E-state index in [9.17, 15) is 23.7 Å². The number of nitro groups is 1. The van der Waals surface area contributed by atoms with Gasteiger partial charge in [0.25, 0.3) is 0 Å². The van der Waals surface area contributed by atoms with E-state index >= 15 is 0 Å². The smallest absolute Gasteiger partial charge is 0.312 e. The highest BCUT2D eigenvalue weighted by Crippen LogP contribution is 2.22. The Labute approximate surface area is 123 Å². The molecule has 0 bridgehead atoms. The lowest BCUT2D eigenvalue weighted by atomic mass is 10.3. The molecule has 2 aromatic rings. The average molecular weight is 310 g/mol. The topological polar surface area (TPSA) is 90.1 Å². The number of halogens is 2. The van der Waals surface area contributed by atoms with Crippen molar-refractivity contribution in [1.82, 2.24) is 9.78 Å². The van der Waals surface area contributed by atoms with Crippen LogP contribution in [-0.4, -0.2) is 20.6 Å². The van der Waals surface area contributed by atoms with E-state index in [1.807, 2.05) is 0 Å². The van der Waals surface area contributed by atoms with Gasteiger partial charge in [0, 0.05) is 0 Å². The van der Waals surface area contributed by atoms with Crippen LogP contribution in [0.3, 0.4) is 0 Å². The second-order valence-corrected chi connectivity index (χ2v) is 4.58. The highest BCUT2D eigenvalue weighted by molar-refractivity contribution is 5.90. The molecule has 7 nitrogen and oxygen atoms in total. The monoisotopic (exact) mass is 310 g/mol. The van der Waals surface area contributed by atoms with E-state index in [1.165, 1.54) is 19.9 Å². The molecule has 0 aliphatic carbocycles. The summed E-state index contributed by atoms with van der Waals surface area (Å²) in [5.41, 5.74) is -0.410. The Hall–Kier alpha value is -2.84. The lowest BCUT2D eigenvalue weighted by Gasteiger charge is -2.08. The van der Waals surface area contributed by atoms with Crippen LogP contribution in [0.25, 0.3) is 0 Å². The molecule has 0 aliphatic rings. The van der Waals surface area contributed by atoms with Crippen LogP contribution in [-0.2, 0) is 11.3 Å². The van der Waals surface area contributed by atoms with Crippen molar-refractivity contribution in [3.63, 3.8) is 0 Å². The summed E-state index contributed by atoms with van der Waals surface area (Å²) >= 11 is 0. The Kier molecular flexibility index (Phi) is 4.15. The zero-order valence-electron chi connectivity index (χ0n) is 11.8. The number of carbonyl (C=O) groups excluding carboxylic acids is 1. The third kappa shape index (κ3) is 2.92. The fourth-order valence-electron chi connectivity index (χ4n) is 2.04. The van der Waals surface area contributed by atoms with Gasteiger partial charge in [-0.3, -0.25) is 19.6 Å². The molecule has 0 fully saturated rings. The van der Waals surface area contributed by atoms with E-state index in [1.54, 1.807) is 0 Å². The largest absolute Gasteiger partial charge is 0.320 e. The number of carbonyl (C=O) groups is 1. The first-order valence-electron chi connectivity index (χ1n) is 6.23. The van der Waals surface area contributed by atoms with E-state index in [0.717, 1.165) is 16.8 Å². The number of aryl methyl sites for hydroxylation is 1. The molecule has 1 N–H and O–H groups in total. The molecule has 2 rings (SSSR count). The molecule has 0 saturated carbocycles. The lowest BCUT2D eigenvalue weighted by molar-refractivity contribution is -0.386. The van der Waals surface area contributed by atoms with E-state index < -0.39 is 34.7 Å². The van der Waals surface area contributed by atoms with Gasteiger partial charge in [-0.1, -0.05) is 6.07 Å². The summed E-state index contributed by atoms with van der Waals surface area (Å²) in [5.74, 6) is -2.56. The minimum atomic E-state index is -0.910. The summed E-state index contributed by atoms with van der Waals surface area (Å²) in [5, 5.41) is 16.9. The summed E-state index contributed by atoms with van der Waals surface area (Å²) in [4.78, 5) is 22.1. The van der Waals surface area contributed by atoms with Gasteiger partial charge in [0.1, 0.15) is 35.3 Å². The van der Waals surface area contributed by atoms with Crippen LogP contribution in [0, 0.1) is 35.6 Å². The molecule has 0 atom stereocenters. The maximum absolute atomic E-state index is 13.4. The fraction of sp³-hybridized carbons (Fsp3) is 0.231. The summed E-state index contributed by atoms with van der Waals surface area (Å²) in [6.45, 7) is 2.49. The van der Waals surface area contributed by atoms with Crippen LogP contribution in [0.2, 0.25) is 0 Å². The van der Waals surface area contributed by atoms with Crippen molar-refractivity contribution < 1.29 is 18.5 Å². The molecule has 1 amide bonds. The number of hydrogen-bond donors (Lipinski definition) is 1. The number of nitrogens with one attached hydrogen (secondary N) is 1. The van der Waals surface area contributed by atoms with Crippen LogP contribution < -0.4 is 5.32 Å². The zero-order chi connectivity index (χ0) is 16.4. The van der Waals surface area contributed by atoms with Crippen molar-refractivity contribution >= 4 is 17.3 Å². The number of aromatic nitrogens is 2. The molecule has 0 radical (unpaired) electrons. The van der Waals surface area contributed by atoms with Crippen molar-refractivity contribution in [2.24, 2.45) is 0 Å². The third-order valence-electron chi connectivity index (χ3n) is 3.05. The van der Waals surface area contributed by atoms with E-state index in [-0.39, 0.29) is 17.1 Å². The molecule has 0 unspecified atom stereocenters. The maximum Gasteiger partial charge on any atom is 0.312 e. The van der Waals surface area contributed by atoms with Gasteiger partial charge < -0.3 is 5.32 Å². The molecule has 22 heavy (non-hydrogen) atoms. The Morgan fingerprint density at radius 2 is 1.95 bits per heavy atom. The highest BCUT2D eigenvalue weighted by atomic mass is 19.1. The zero-order valence-corrected chi connectivity index (χ0v) is 11.8. The summed E-state index contributed by atoms with van der Waals surface area (Å²) in [6, 6.07) is 3.18. The molecule has 116 valence electrons. The van der Waals surface area contributed by atoms with Gasteiger partial charge in [-0.15, -0.1) is 0 Å². The lowest BCUT2D eigenvalue weighted by Crippen LogP contribution is -2.21. The van der Waals surface area contributed by atoms with E-state index in [4.69, 9.17) is 0 Å². The summed E-state index contributed by atoms with van der Waals surface area (Å²) < 4.78 is 28.0. The Balaban J connectivity index is 2.20. The van der Waals surface area contributed by atoms with Crippen molar-refractivity contribution in [3.8, 4) is 0 Å². The van der Waals surface area contributed by atoms with Crippen molar-refractivity contribution in [1.29, 1.82) is 0 Å². The number of benzene rings is 1. The number of nitrogens with zero attached hydrogens (tertiary/aromatic N) is 3. The normalized spacial score (nSPS) is 10.5. The molecular formula is C13H12F2N4O3. The second-order valence-electron chi connectivity index (χ2n) is 4.58. The molecule has 0 aliphatic heterocycles. The first-order valence-corrected chi connectivity index (χ1v) is 6.23. The van der Waals surface area contributed by atoms with Gasteiger partial charge >= 0.3 is 5.69 Å². The van der Waals surface area contributed by atoms with Crippen molar-refractivity contribution in [2.75, 3.05) is 5.32 Å². The Bertz CT molecular complexity index is 738. The molecule has 0 saturated heterocycles. The predicted molar refractivity (Wildman–Crippen MR) is 73.3 cm³/mol. The Morgan fingerprint density at radius 3 is 2.45 bits per heavy atom. The van der Waals surface area contributed by atoms with Gasteiger partial charge in [0.05, 0.1) is 4.92 Å². The van der Waals surface area contributed by atoms with E-state index in [2.05, 4.69) is 10.4 Å². The number of rotatable bonds is 4. The second kappa shape index (κ2) is 5.88.